The molecular formula is C20H30N2O3. The van der Waals surface area contributed by atoms with Gasteiger partial charge in [0.1, 0.15) is 5.54 Å². The molecule has 0 radical (unpaired) electrons. The monoisotopic (exact) mass is 346 g/mol. The van der Waals surface area contributed by atoms with E-state index in [2.05, 4.69) is 18.5 Å². The fourth-order valence-electron chi connectivity index (χ4n) is 2.58. The second kappa shape index (κ2) is 10.4. The summed E-state index contributed by atoms with van der Waals surface area (Å²) in [4.78, 5) is 37.4. The molecule has 0 aromatic heterocycles. The van der Waals surface area contributed by atoms with Crippen molar-refractivity contribution < 1.29 is 14.4 Å². The lowest BCUT2D eigenvalue weighted by molar-refractivity contribution is -0.149. The zero-order valence-corrected chi connectivity index (χ0v) is 16.0. The predicted octanol–water partition coefficient (Wildman–Crippen LogP) is 3.30. The first kappa shape index (κ1) is 22.6. The maximum Gasteiger partial charge on any atom is 0.255 e. The van der Waals surface area contributed by atoms with Crippen molar-refractivity contribution in [3.8, 4) is 0 Å². The van der Waals surface area contributed by atoms with Crippen LogP contribution in [-0.4, -0.2) is 34.7 Å². The Kier molecular flexibility index (Phi) is 9.42. The summed E-state index contributed by atoms with van der Waals surface area (Å²) < 4.78 is 0. The van der Waals surface area contributed by atoms with E-state index in [1.165, 1.54) is 4.90 Å². The van der Waals surface area contributed by atoms with E-state index < -0.39 is 11.4 Å². The highest BCUT2D eigenvalue weighted by atomic mass is 16.2. The Morgan fingerprint density at radius 2 is 1.72 bits per heavy atom. The van der Waals surface area contributed by atoms with Gasteiger partial charge >= 0.3 is 0 Å². The van der Waals surface area contributed by atoms with Gasteiger partial charge < -0.3 is 4.90 Å². The average molecular weight is 346 g/mol. The third-order valence-corrected chi connectivity index (χ3v) is 3.91. The van der Waals surface area contributed by atoms with Gasteiger partial charge in [0.05, 0.1) is 0 Å². The van der Waals surface area contributed by atoms with Crippen molar-refractivity contribution in [2.24, 2.45) is 0 Å². The lowest BCUT2D eigenvalue weighted by Gasteiger charge is -2.39. The summed E-state index contributed by atoms with van der Waals surface area (Å²) in [7, 11) is 0. The maximum atomic E-state index is 12.5. The first-order valence-electron chi connectivity index (χ1n) is 8.57. The number of hydrogen-bond donors (Lipinski definition) is 1. The van der Waals surface area contributed by atoms with Gasteiger partial charge in [-0.2, -0.15) is 0 Å². The van der Waals surface area contributed by atoms with Crippen LogP contribution in [0.15, 0.2) is 48.6 Å². The molecule has 1 fully saturated rings. The van der Waals surface area contributed by atoms with Gasteiger partial charge in [-0.05, 0) is 32.8 Å². The van der Waals surface area contributed by atoms with E-state index in [0.717, 1.165) is 5.57 Å². The van der Waals surface area contributed by atoms with Crippen molar-refractivity contribution >= 4 is 17.7 Å². The van der Waals surface area contributed by atoms with Gasteiger partial charge in [-0.3, -0.25) is 19.7 Å². The number of rotatable bonds is 3. The summed E-state index contributed by atoms with van der Waals surface area (Å²) >= 11 is 0. The number of carbonyl (C=O) groups excluding carboxylic acids is 3. The van der Waals surface area contributed by atoms with E-state index in [1.54, 1.807) is 31.2 Å². The molecular weight excluding hydrogens is 316 g/mol. The van der Waals surface area contributed by atoms with Crippen molar-refractivity contribution in [2.75, 3.05) is 6.54 Å². The van der Waals surface area contributed by atoms with Crippen molar-refractivity contribution in [1.29, 1.82) is 0 Å². The zero-order chi connectivity index (χ0) is 19.6. The zero-order valence-electron chi connectivity index (χ0n) is 16.0. The number of hydrogen-bond acceptors (Lipinski definition) is 3. The Morgan fingerprint density at radius 1 is 1.16 bits per heavy atom. The predicted molar refractivity (Wildman–Crippen MR) is 102 cm³/mol. The van der Waals surface area contributed by atoms with Crippen LogP contribution in [-0.2, 0) is 14.4 Å². The van der Waals surface area contributed by atoms with E-state index in [0.29, 0.717) is 18.5 Å². The van der Waals surface area contributed by atoms with Crippen LogP contribution in [0.4, 0.5) is 0 Å². The topological polar surface area (TPSA) is 66.5 Å². The summed E-state index contributed by atoms with van der Waals surface area (Å²) in [6.07, 6.45) is 7.50. The highest BCUT2D eigenvalue weighted by Gasteiger charge is 2.48. The van der Waals surface area contributed by atoms with Crippen LogP contribution in [0.3, 0.4) is 0 Å². The quantitative estimate of drug-likeness (QED) is 0.630. The van der Waals surface area contributed by atoms with E-state index in [1.807, 2.05) is 27.7 Å². The molecule has 1 unspecified atom stereocenters. The molecule has 1 atom stereocenters. The van der Waals surface area contributed by atoms with Crippen LogP contribution in [0.25, 0.3) is 0 Å². The summed E-state index contributed by atoms with van der Waals surface area (Å²) in [6.45, 7) is 16.8. The van der Waals surface area contributed by atoms with Gasteiger partial charge in [-0.1, -0.05) is 44.7 Å². The molecule has 5 nitrogen and oxygen atoms in total. The van der Waals surface area contributed by atoms with Crippen molar-refractivity contribution in [1.82, 2.24) is 10.2 Å². The summed E-state index contributed by atoms with van der Waals surface area (Å²) in [5.41, 5.74) is 0.384. The van der Waals surface area contributed by atoms with Crippen molar-refractivity contribution in [3.05, 3.63) is 48.6 Å². The molecule has 0 spiro atoms. The molecule has 5 heteroatoms. The van der Waals surface area contributed by atoms with Crippen LogP contribution < -0.4 is 5.32 Å². The van der Waals surface area contributed by atoms with Gasteiger partial charge in [0, 0.05) is 18.5 Å². The number of piperidine rings is 1. The van der Waals surface area contributed by atoms with Crippen LogP contribution in [0.2, 0.25) is 0 Å². The number of carbonyl (C=O) groups is 3. The number of amides is 3. The number of nitrogens with zero attached hydrogens (tertiary/aromatic N) is 1. The molecule has 2 aliphatic heterocycles. The summed E-state index contributed by atoms with van der Waals surface area (Å²) in [5, 5.41) is 2.31. The van der Waals surface area contributed by atoms with Crippen LogP contribution in [0.5, 0.6) is 0 Å². The highest BCUT2D eigenvalue weighted by Crippen LogP contribution is 2.32. The minimum atomic E-state index is -0.984. The lowest BCUT2D eigenvalue weighted by Crippen LogP contribution is -2.62. The second-order valence-electron chi connectivity index (χ2n) is 5.59. The Labute approximate surface area is 151 Å². The normalized spacial score (nSPS) is 22.8. The molecule has 0 aliphatic carbocycles. The van der Waals surface area contributed by atoms with Crippen LogP contribution in [0.1, 0.15) is 47.5 Å². The minimum Gasteiger partial charge on any atom is -0.320 e. The van der Waals surface area contributed by atoms with Crippen LogP contribution in [0, 0.1) is 0 Å². The molecule has 0 saturated carbocycles. The van der Waals surface area contributed by atoms with E-state index >= 15 is 0 Å². The minimum absolute atomic E-state index is 0.190. The first-order valence-corrected chi connectivity index (χ1v) is 8.57. The summed E-state index contributed by atoms with van der Waals surface area (Å²) in [6, 6.07) is 0. The molecule has 1 saturated heterocycles. The Bertz CT molecular complexity index is 602. The Balaban J connectivity index is 0.00000104. The largest absolute Gasteiger partial charge is 0.320 e. The fraction of sp³-hybridized carbons (Fsp3) is 0.450. The molecule has 3 amide bonds. The smallest absolute Gasteiger partial charge is 0.255 e. The Hall–Kier alpha value is -2.43. The molecule has 0 aromatic carbocycles. The van der Waals surface area contributed by atoms with Gasteiger partial charge in [-0.15, -0.1) is 6.58 Å². The van der Waals surface area contributed by atoms with Gasteiger partial charge in [-0.25, -0.2) is 0 Å². The molecule has 25 heavy (non-hydrogen) atoms. The number of allylic oxidation sites excluding steroid dienone is 2. The van der Waals surface area contributed by atoms with E-state index in [4.69, 9.17) is 0 Å². The maximum absolute atomic E-state index is 12.5. The second-order valence-corrected chi connectivity index (χ2v) is 5.59. The molecule has 2 rings (SSSR count). The van der Waals surface area contributed by atoms with Crippen LogP contribution >= 0.6 is 0 Å². The third kappa shape index (κ3) is 5.02. The van der Waals surface area contributed by atoms with Crippen molar-refractivity contribution in [2.45, 2.75) is 53.0 Å². The highest BCUT2D eigenvalue weighted by molar-refractivity contribution is 6.08. The molecule has 0 aromatic rings. The van der Waals surface area contributed by atoms with Gasteiger partial charge in [0.2, 0.25) is 5.91 Å². The Morgan fingerprint density at radius 3 is 2.16 bits per heavy atom. The van der Waals surface area contributed by atoms with Gasteiger partial charge in [0.25, 0.3) is 11.8 Å². The van der Waals surface area contributed by atoms with Gasteiger partial charge in [0.15, 0.2) is 0 Å². The standard InChI is InChI=1S/C15H18N2O3.C3H6.C2H6/c1-4-6-11-10(5-2)9-17(13(11)19)15(3)8-7-12(18)16-14(15)20;1-3-2;1-2/h4-6H,2,7-9H2,1,3H3,(H,16,18,20);3H,1H2,2H3;1-2H3/b6-4-;;. The lowest BCUT2D eigenvalue weighted by atomic mass is 9.89. The molecule has 2 heterocycles. The van der Waals surface area contributed by atoms with E-state index in [9.17, 15) is 14.4 Å². The first-order chi connectivity index (χ1) is 11.8. The SMILES string of the molecule is C=CC.C=CC1=C(/C=C\C)C(=O)N(C2(C)CCC(=O)NC2=O)C1.CC. The fourth-order valence-corrected chi connectivity index (χ4v) is 2.58. The molecule has 1 N–H and O–H groups in total. The third-order valence-electron chi connectivity index (χ3n) is 3.91. The molecule has 138 valence electrons. The van der Waals surface area contributed by atoms with E-state index in [-0.39, 0.29) is 18.2 Å². The molecule has 0 bridgehead atoms. The van der Waals surface area contributed by atoms with Crippen molar-refractivity contribution in [3.63, 3.8) is 0 Å². The number of imide groups is 1. The molecule has 2 aliphatic rings. The number of nitrogens with one attached hydrogen (secondary N) is 1. The average Bonchev–Trinajstić information content (AvgIpc) is 2.91. The summed E-state index contributed by atoms with van der Waals surface area (Å²) in [5.74, 6) is -0.887.